The molecule has 278 valence electrons. The number of alkyl halides is 3. The number of thioether (sulfide) groups is 1. The Labute approximate surface area is 327 Å². The van der Waals surface area contributed by atoms with Gasteiger partial charge in [-0.2, -0.15) is 13.2 Å². The van der Waals surface area contributed by atoms with E-state index >= 15 is 9.18 Å². The van der Waals surface area contributed by atoms with E-state index in [1.165, 1.54) is 36.1 Å². The van der Waals surface area contributed by atoms with Gasteiger partial charge in [-0.3, -0.25) is 9.59 Å². The Bertz CT molecular complexity index is 2710. The number of likely N-dealkylation sites (tertiary alicyclic amines) is 1. The topological polar surface area (TPSA) is 54.8 Å². The van der Waals surface area contributed by atoms with Crippen LogP contribution in [0.3, 0.4) is 0 Å². The molecule has 0 atom stereocenters. The number of hydrogen-bond acceptors (Lipinski definition) is 5. The summed E-state index contributed by atoms with van der Waals surface area (Å²) in [6.07, 6.45) is -4.52. The number of piperidine rings is 1. The number of amides is 1. The number of nitrogens with zero attached hydrogens (tertiary/aromatic N) is 3. The highest BCUT2D eigenvalue weighted by molar-refractivity contribution is 7.98. The van der Waals surface area contributed by atoms with Crippen molar-refractivity contribution in [2.45, 2.75) is 55.8 Å². The quantitative estimate of drug-likeness (QED) is 0.0941. The van der Waals surface area contributed by atoms with Gasteiger partial charge in [0.05, 0.1) is 37.7 Å². The number of carbonyl (C=O) groups is 1. The number of ether oxygens (including phenoxy) is 1. The molecule has 0 unspecified atom stereocenters. The number of carbonyl (C=O) groups excluding carboxylic acids is 1. The van der Waals surface area contributed by atoms with Gasteiger partial charge in [-0.1, -0.05) is 54.6 Å². The first kappa shape index (κ1) is 24.7. The Kier molecular flexibility index (Phi) is 7.77. The van der Waals surface area contributed by atoms with E-state index in [0.29, 0.717) is 27.3 Å². The standard InChI is InChI=1S/C41H40F5N3O3S/c1-27-6-15-34-36(22-27)49(39(23-37(34)50)53-26-31-4-3-5-35(42)40(31)43)25-38(51)48(33-16-18-47(19-17-33)20-21-52-2)24-28-7-9-29(10-8-28)30-11-13-32(14-12-30)41(44,45)46/h3-15,22-23,33H,16-21,24-26H2,1-2H3/i2D3,6D,15D,21D2,22D,23D,25D2,26D2. The molecule has 6 rings (SSSR count). The predicted octanol–water partition coefficient (Wildman–Crippen LogP) is 8.71. The number of methoxy groups -OCH3 is 1. The third-order valence-corrected chi connectivity index (χ3v) is 9.48. The number of fused-ring (bicyclic) bond motifs is 1. The summed E-state index contributed by atoms with van der Waals surface area (Å²) in [6.45, 7) is -5.75. The molecule has 2 heterocycles. The smallest absolute Gasteiger partial charge is 0.383 e. The summed E-state index contributed by atoms with van der Waals surface area (Å²) in [7, 11) is -3.06. The van der Waals surface area contributed by atoms with Crippen molar-refractivity contribution in [2.24, 2.45) is 0 Å². The second-order valence-electron chi connectivity index (χ2n) is 12.2. The molecule has 1 aliphatic rings. The van der Waals surface area contributed by atoms with Crippen LogP contribution in [0.15, 0.2) is 101 Å². The number of rotatable bonds is 12. The zero-order valence-electron chi connectivity index (χ0n) is 41.0. The van der Waals surface area contributed by atoms with Gasteiger partial charge in [-0.05, 0) is 72.3 Å². The number of pyridine rings is 1. The molecule has 0 bridgehead atoms. The SMILES string of the molecule is [2H]c1c(C)c([2H])c2c(c1[2H])c(=O)c([2H])c(SC([2H])([2H])c1cccc(F)c1F)n2C([2H])([2H])C(=O)N(Cc1ccc(-c2ccc(C(F)(F)F)cc2)cc1)C1CCN(CC([2H])([2H])OC([2H])([2H])[2H])CC1. The molecular formula is C41H40F5N3O3S. The number of aromatic nitrogens is 1. The van der Waals surface area contributed by atoms with Gasteiger partial charge in [0.1, 0.15) is 6.50 Å². The van der Waals surface area contributed by atoms with E-state index in [0.717, 1.165) is 29.2 Å². The van der Waals surface area contributed by atoms with Gasteiger partial charge in [-0.25, -0.2) is 8.78 Å². The monoisotopic (exact) mass is 762 g/mol. The average molecular weight is 763 g/mol. The van der Waals surface area contributed by atoms with Crippen molar-refractivity contribution in [3.05, 3.63) is 135 Å². The molecule has 12 heteroatoms. The summed E-state index contributed by atoms with van der Waals surface area (Å²) < 4.78 is 184. The van der Waals surface area contributed by atoms with Crippen LogP contribution in [-0.2, 0) is 34.5 Å². The lowest BCUT2D eigenvalue weighted by Gasteiger charge is -2.39. The molecule has 0 radical (unpaired) electrons. The Hall–Kier alpha value is -4.52. The van der Waals surface area contributed by atoms with Crippen molar-refractivity contribution in [1.29, 1.82) is 0 Å². The maximum Gasteiger partial charge on any atom is 0.416 e. The fourth-order valence-electron chi connectivity index (χ4n) is 5.89. The minimum Gasteiger partial charge on any atom is -0.383 e. The summed E-state index contributed by atoms with van der Waals surface area (Å²) in [5.74, 6) is -4.49. The molecule has 5 aromatic rings. The second kappa shape index (κ2) is 16.7. The molecule has 6 nitrogen and oxygen atoms in total. The lowest BCUT2D eigenvalue weighted by molar-refractivity contribution is -0.137. The van der Waals surface area contributed by atoms with Crippen LogP contribution in [-0.4, -0.2) is 59.5 Å². The van der Waals surface area contributed by atoms with Crippen LogP contribution in [0.1, 0.15) is 52.9 Å². The van der Waals surface area contributed by atoms with E-state index in [-0.39, 0.29) is 49.8 Å². The van der Waals surface area contributed by atoms with Gasteiger partial charge < -0.3 is 19.1 Å². The van der Waals surface area contributed by atoms with Gasteiger partial charge in [0, 0.05) is 64.7 Å². The van der Waals surface area contributed by atoms with E-state index in [9.17, 15) is 25.1 Å². The van der Waals surface area contributed by atoms with Gasteiger partial charge in [0.2, 0.25) is 5.91 Å². The van der Waals surface area contributed by atoms with Crippen LogP contribution in [0.4, 0.5) is 22.0 Å². The zero-order valence-corrected chi connectivity index (χ0v) is 28.9. The van der Waals surface area contributed by atoms with Crippen LogP contribution >= 0.6 is 11.8 Å². The van der Waals surface area contributed by atoms with E-state index in [1.54, 1.807) is 12.1 Å². The van der Waals surface area contributed by atoms with Crippen LogP contribution in [0.25, 0.3) is 22.0 Å². The molecule has 1 aliphatic heterocycles. The summed E-state index contributed by atoms with van der Waals surface area (Å²) in [5.41, 5.74) is -5.96. The van der Waals surface area contributed by atoms with Crippen LogP contribution < -0.4 is 5.43 Å². The molecule has 53 heavy (non-hydrogen) atoms. The molecule has 0 N–H and O–H groups in total. The van der Waals surface area contributed by atoms with E-state index in [1.807, 2.05) is 0 Å². The lowest BCUT2D eigenvalue weighted by Crippen LogP contribution is -2.48. The first-order chi connectivity index (χ1) is 30.4. The molecule has 1 saturated heterocycles. The maximum atomic E-state index is 15.2. The highest BCUT2D eigenvalue weighted by atomic mass is 32.2. The Morgan fingerprint density at radius 2 is 1.72 bits per heavy atom. The third kappa shape index (κ3) is 9.17. The summed E-state index contributed by atoms with van der Waals surface area (Å²) >= 11 is -0.121. The zero-order chi connectivity index (χ0) is 49.1. The van der Waals surface area contributed by atoms with Crippen molar-refractivity contribution >= 4 is 28.6 Å². The van der Waals surface area contributed by atoms with Crippen LogP contribution in [0.2, 0.25) is 0 Å². The van der Waals surface area contributed by atoms with Crippen molar-refractivity contribution < 1.29 is 49.3 Å². The first-order valence-electron chi connectivity index (χ1n) is 22.7. The fourth-order valence-corrected chi connectivity index (χ4v) is 6.63. The molecule has 0 spiro atoms. The maximum absolute atomic E-state index is 15.2. The number of benzene rings is 4. The highest BCUT2D eigenvalue weighted by Gasteiger charge is 2.31. The fraction of sp³-hybridized carbons (Fsp3) is 0.317. The molecule has 0 aliphatic carbocycles. The Morgan fingerprint density at radius 1 is 1.02 bits per heavy atom. The minimum absolute atomic E-state index is 0.0226. The molecule has 1 amide bonds. The van der Waals surface area contributed by atoms with Crippen molar-refractivity contribution in [3.63, 3.8) is 0 Å². The summed E-state index contributed by atoms with van der Waals surface area (Å²) in [5, 5.41) is -1.76. The third-order valence-electron chi connectivity index (χ3n) is 8.68. The van der Waals surface area contributed by atoms with Crippen molar-refractivity contribution in [2.75, 3.05) is 33.2 Å². The summed E-state index contributed by atoms with van der Waals surface area (Å²) in [4.78, 5) is 31.7. The van der Waals surface area contributed by atoms with Crippen LogP contribution in [0, 0.1) is 18.6 Å². The Morgan fingerprint density at radius 3 is 2.40 bits per heavy atom. The van der Waals surface area contributed by atoms with Crippen molar-refractivity contribution in [1.82, 2.24) is 14.4 Å². The van der Waals surface area contributed by atoms with Gasteiger partial charge in [0.25, 0.3) is 0 Å². The molecule has 4 aromatic carbocycles. The lowest BCUT2D eigenvalue weighted by atomic mass is 10.00. The predicted molar refractivity (Wildman–Crippen MR) is 198 cm³/mol. The molecule has 1 aromatic heterocycles. The molecular weight excluding hydrogens is 710 g/mol. The van der Waals surface area contributed by atoms with Crippen molar-refractivity contribution in [3.8, 4) is 11.1 Å². The normalized spacial score (nSPS) is 18.8. The molecule has 1 fully saturated rings. The second-order valence-corrected chi connectivity index (χ2v) is 13.0. The van der Waals surface area contributed by atoms with E-state index < -0.39 is 119 Å². The van der Waals surface area contributed by atoms with Gasteiger partial charge >= 0.3 is 6.18 Å². The van der Waals surface area contributed by atoms with Gasteiger partial charge in [-0.15, -0.1) is 11.8 Å². The molecule has 0 saturated carbocycles. The van der Waals surface area contributed by atoms with E-state index in [4.69, 9.17) is 15.1 Å². The van der Waals surface area contributed by atoms with E-state index in [2.05, 4.69) is 4.74 Å². The summed E-state index contributed by atoms with van der Waals surface area (Å²) in [6, 6.07) is 8.86. The minimum atomic E-state index is -4.57. The Balaban J connectivity index is 1.48. The number of halogens is 5. The first-order valence-corrected chi connectivity index (χ1v) is 17.1. The highest BCUT2D eigenvalue weighted by Crippen LogP contribution is 2.32. The largest absolute Gasteiger partial charge is 0.416 e. The number of hydrogen-bond donors (Lipinski definition) is 0. The van der Waals surface area contributed by atoms with Crippen LogP contribution in [0.5, 0.6) is 0 Å². The average Bonchev–Trinajstić information content (AvgIpc) is 3.22. The van der Waals surface area contributed by atoms with Gasteiger partial charge in [0.15, 0.2) is 17.1 Å².